The molecule has 0 aromatic heterocycles. The molecule has 0 unspecified atom stereocenters. The molecule has 3 heteroatoms. The third kappa shape index (κ3) is 2.18. The van der Waals surface area contributed by atoms with E-state index in [4.69, 9.17) is 4.74 Å². The van der Waals surface area contributed by atoms with E-state index < -0.39 is 0 Å². The van der Waals surface area contributed by atoms with Crippen molar-refractivity contribution < 1.29 is 14.6 Å². The van der Waals surface area contributed by atoms with E-state index in [1.165, 1.54) is 6.92 Å². The normalized spacial score (nSPS) is 24.4. The van der Waals surface area contributed by atoms with Gasteiger partial charge in [0.25, 0.3) is 0 Å². The summed E-state index contributed by atoms with van der Waals surface area (Å²) < 4.78 is 5.55. The van der Waals surface area contributed by atoms with E-state index in [9.17, 15) is 9.90 Å². The van der Waals surface area contributed by atoms with Crippen LogP contribution in [0.4, 0.5) is 0 Å². The van der Waals surface area contributed by atoms with Crippen molar-refractivity contribution in [2.75, 3.05) is 0 Å². The van der Waals surface area contributed by atoms with Gasteiger partial charge in [-0.15, -0.1) is 0 Å². The van der Waals surface area contributed by atoms with Crippen LogP contribution in [0.5, 0.6) is 5.75 Å². The predicted octanol–water partition coefficient (Wildman–Crippen LogP) is 1.79. The molecule has 0 heterocycles. The summed E-state index contributed by atoms with van der Waals surface area (Å²) in [7, 11) is 0. The summed E-state index contributed by atoms with van der Waals surface area (Å²) in [5.74, 6) is 0.682. The highest BCUT2D eigenvalue weighted by Crippen LogP contribution is 2.26. The molecule has 1 N–H and O–H groups in total. The summed E-state index contributed by atoms with van der Waals surface area (Å²) in [4.78, 5) is 11.1. The van der Waals surface area contributed by atoms with Crippen molar-refractivity contribution in [2.24, 2.45) is 0 Å². The zero-order valence-corrected chi connectivity index (χ0v) is 8.64. The maximum Gasteiger partial charge on any atom is 0.159 e. The second-order valence-corrected chi connectivity index (χ2v) is 3.89. The quantitative estimate of drug-likeness (QED) is 0.767. The van der Waals surface area contributed by atoms with Crippen molar-refractivity contribution in [1.82, 2.24) is 0 Å². The smallest absolute Gasteiger partial charge is 0.159 e. The first-order valence-electron chi connectivity index (χ1n) is 5.12. The van der Waals surface area contributed by atoms with Gasteiger partial charge in [0.05, 0.1) is 6.10 Å². The minimum Gasteiger partial charge on any atom is -0.488 e. The molecule has 2 atom stereocenters. The third-order valence-electron chi connectivity index (χ3n) is 2.70. The van der Waals surface area contributed by atoms with E-state index in [0.717, 1.165) is 12.8 Å². The van der Waals surface area contributed by atoms with Gasteiger partial charge in [0.15, 0.2) is 5.78 Å². The van der Waals surface area contributed by atoms with Crippen molar-refractivity contribution in [3.05, 3.63) is 29.8 Å². The first kappa shape index (κ1) is 10.2. The topological polar surface area (TPSA) is 46.5 Å². The average Bonchev–Trinajstić information content (AvgIpc) is 2.24. The molecule has 3 nitrogen and oxygen atoms in total. The number of benzene rings is 1. The van der Waals surface area contributed by atoms with E-state index in [1.807, 2.05) is 0 Å². The molecule has 0 bridgehead atoms. The lowest BCUT2D eigenvalue weighted by Crippen LogP contribution is -2.41. The fourth-order valence-corrected chi connectivity index (χ4v) is 1.55. The molecule has 1 saturated carbocycles. The number of rotatable bonds is 3. The van der Waals surface area contributed by atoms with Gasteiger partial charge in [-0.25, -0.2) is 0 Å². The van der Waals surface area contributed by atoms with Gasteiger partial charge in [-0.05, 0) is 31.9 Å². The van der Waals surface area contributed by atoms with Gasteiger partial charge in [-0.3, -0.25) is 4.79 Å². The van der Waals surface area contributed by atoms with Crippen molar-refractivity contribution >= 4 is 5.78 Å². The van der Waals surface area contributed by atoms with Gasteiger partial charge in [-0.1, -0.05) is 12.1 Å². The molecule has 1 aromatic rings. The Bertz CT molecular complexity index is 373. The van der Waals surface area contributed by atoms with Gasteiger partial charge in [0.1, 0.15) is 11.9 Å². The van der Waals surface area contributed by atoms with Crippen LogP contribution in [0.25, 0.3) is 0 Å². The molecule has 1 aromatic carbocycles. The lowest BCUT2D eigenvalue weighted by Gasteiger charge is -2.32. The summed E-state index contributed by atoms with van der Waals surface area (Å²) in [6, 6.07) is 7.06. The van der Waals surface area contributed by atoms with Gasteiger partial charge >= 0.3 is 0 Å². The Morgan fingerprint density at radius 1 is 1.47 bits per heavy atom. The molecule has 2 rings (SSSR count). The summed E-state index contributed by atoms with van der Waals surface area (Å²) in [6.45, 7) is 1.53. The first-order chi connectivity index (χ1) is 7.16. The molecular formula is C12H14O3. The van der Waals surface area contributed by atoms with Gasteiger partial charge < -0.3 is 9.84 Å². The number of aliphatic hydroxyl groups is 1. The number of ether oxygens (including phenoxy) is 1. The number of Topliss-reactive ketones (excluding diaryl/α,β-unsaturated/α-hetero) is 1. The predicted molar refractivity (Wildman–Crippen MR) is 56.1 cm³/mol. The van der Waals surface area contributed by atoms with Crippen LogP contribution in [0.15, 0.2) is 24.3 Å². The largest absolute Gasteiger partial charge is 0.488 e. The van der Waals surface area contributed by atoms with Crippen molar-refractivity contribution in [1.29, 1.82) is 0 Å². The Hall–Kier alpha value is -1.35. The van der Waals surface area contributed by atoms with Crippen molar-refractivity contribution in [2.45, 2.75) is 32.0 Å². The molecule has 0 spiro atoms. The molecule has 1 fully saturated rings. The van der Waals surface area contributed by atoms with Gasteiger partial charge in [0.2, 0.25) is 0 Å². The zero-order chi connectivity index (χ0) is 10.8. The molecular weight excluding hydrogens is 192 g/mol. The van der Waals surface area contributed by atoms with Crippen LogP contribution >= 0.6 is 0 Å². The number of carbonyl (C=O) groups excluding carboxylic acids is 1. The lowest BCUT2D eigenvalue weighted by atomic mass is 9.92. The van der Waals surface area contributed by atoms with Crippen LogP contribution in [0.2, 0.25) is 0 Å². The summed E-state index contributed by atoms with van der Waals surface area (Å²) in [5, 5.41) is 9.36. The SMILES string of the molecule is CC(=O)c1cccc(O[C@H]2CC[C@@H]2O)c1. The molecule has 1 aliphatic carbocycles. The fourth-order valence-electron chi connectivity index (χ4n) is 1.55. The Morgan fingerprint density at radius 2 is 2.27 bits per heavy atom. The highest BCUT2D eigenvalue weighted by Gasteiger charge is 2.30. The highest BCUT2D eigenvalue weighted by molar-refractivity contribution is 5.94. The molecule has 0 saturated heterocycles. The first-order valence-corrected chi connectivity index (χ1v) is 5.12. The lowest BCUT2D eigenvalue weighted by molar-refractivity contribution is -0.0361. The van der Waals surface area contributed by atoms with Crippen LogP contribution in [0.1, 0.15) is 30.1 Å². The van der Waals surface area contributed by atoms with Crippen molar-refractivity contribution in [3.63, 3.8) is 0 Å². The minimum absolute atomic E-state index is 0.0228. The Labute approximate surface area is 88.7 Å². The number of carbonyl (C=O) groups is 1. The molecule has 0 amide bonds. The van der Waals surface area contributed by atoms with Crippen LogP contribution in [0, 0.1) is 0 Å². The number of hydrogen-bond donors (Lipinski definition) is 1. The standard InChI is InChI=1S/C12H14O3/c1-8(13)9-3-2-4-10(7-9)15-12-6-5-11(12)14/h2-4,7,11-12,14H,5-6H2,1H3/t11-,12-/m0/s1. The molecule has 0 radical (unpaired) electrons. The maximum absolute atomic E-state index is 11.1. The van der Waals surface area contributed by atoms with Crippen LogP contribution in [-0.2, 0) is 0 Å². The maximum atomic E-state index is 11.1. The summed E-state index contributed by atoms with van der Waals surface area (Å²) in [6.07, 6.45) is 1.22. The van der Waals surface area contributed by atoms with Gasteiger partial charge in [-0.2, -0.15) is 0 Å². The second-order valence-electron chi connectivity index (χ2n) is 3.89. The van der Waals surface area contributed by atoms with E-state index in [2.05, 4.69) is 0 Å². The Morgan fingerprint density at radius 3 is 2.80 bits per heavy atom. The second kappa shape index (κ2) is 4.03. The van der Waals surface area contributed by atoms with Crippen molar-refractivity contribution in [3.8, 4) is 5.75 Å². The number of hydrogen-bond acceptors (Lipinski definition) is 3. The van der Waals surface area contributed by atoms with E-state index in [0.29, 0.717) is 11.3 Å². The number of ketones is 1. The molecule has 80 valence electrons. The highest BCUT2D eigenvalue weighted by atomic mass is 16.5. The number of aliphatic hydroxyl groups excluding tert-OH is 1. The zero-order valence-electron chi connectivity index (χ0n) is 8.64. The fraction of sp³-hybridized carbons (Fsp3) is 0.417. The van der Waals surface area contributed by atoms with E-state index >= 15 is 0 Å². The van der Waals surface area contributed by atoms with E-state index in [1.54, 1.807) is 24.3 Å². The van der Waals surface area contributed by atoms with E-state index in [-0.39, 0.29) is 18.0 Å². The van der Waals surface area contributed by atoms with Gasteiger partial charge in [0, 0.05) is 5.56 Å². The monoisotopic (exact) mass is 206 g/mol. The molecule has 1 aliphatic rings. The molecule has 15 heavy (non-hydrogen) atoms. The summed E-state index contributed by atoms with van der Waals surface area (Å²) in [5.41, 5.74) is 0.640. The van der Waals surface area contributed by atoms with Crippen LogP contribution in [-0.4, -0.2) is 23.1 Å². The minimum atomic E-state index is -0.356. The third-order valence-corrected chi connectivity index (χ3v) is 2.70. The van der Waals surface area contributed by atoms with Crippen LogP contribution in [0.3, 0.4) is 0 Å². The Balaban J connectivity index is 2.08. The average molecular weight is 206 g/mol. The molecule has 0 aliphatic heterocycles. The van der Waals surface area contributed by atoms with Crippen LogP contribution < -0.4 is 4.74 Å². The Kier molecular flexibility index (Phi) is 2.73. The summed E-state index contributed by atoms with van der Waals surface area (Å²) >= 11 is 0.